The highest BCUT2D eigenvalue weighted by atomic mass is 32.2. The minimum atomic E-state index is -3.62. The number of hydrogen-bond acceptors (Lipinski definition) is 7. The van der Waals surface area contributed by atoms with Crippen molar-refractivity contribution in [2.75, 3.05) is 38.3 Å². The SMILES string of the molecule is CC(CCNc1nc2ccc(S(=O)(=O)N3CCC(OCc4ccc(F)cc4)CC3)cc2s1)P(C)(C)=O. The van der Waals surface area contributed by atoms with Gasteiger partial charge in [-0.1, -0.05) is 30.4 Å². The van der Waals surface area contributed by atoms with Gasteiger partial charge in [-0.3, -0.25) is 0 Å². The second kappa shape index (κ2) is 11.3. The Balaban J connectivity index is 1.33. The average molecular weight is 554 g/mol. The van der Waals surface area contributed by atoms with Gasteiger partial charge in [0, 0.05) is 25.3 Å². The molecule has 36 heavy (non-hydrogen) atoms. The molecule has 1 unspecified atom stereocenters. The number of rotatable bonds is 10. The van der Waals surface area contributed by atoms with Crippen molar-refractivity contribution in [2.45, 2.75) is 49.5 Å². The third-order valence-electron chi connectivity index (χ3n) is 6.70. The first kappa shape index (κ1) is 27.2. The summed E-state index contributed by atoms with van der Waals surface area (Å²) in [4.78, 5) is 4.83. The summed E-state index contributed by atoms with van der Waals surface area (Å²) in [7, 11) is -5.74. The summed E-state index contributed by atoms with van der Waals surface area (Å²) in [6, 6.07) is 11.3. The standard InChI is InChI=1S/C25H33FN3O4PS2/c1-18(34(2,3)30)10-13-27-25-28-23-9-8-22(16-24(23)35-25)36(31,32)29-14-11-21(12-15-29)33-17-19-4-6-20(26)7-5-19/h4-9,16,18,21H,10-15,17H2,1-3H3,(H,27,28). The van der Waals surface area contributed by atoms with Gasteiger partial charge < -0.3 is 14.6 Å². The largest absolute Gasteiger partial charge is 0.373 e. The number of nitrogens with one attached hydrogen (secondary N) is 1. The monoisotopic (exact) mass is 553 g/mol. The first-order valence-corrected chi connectivity index (χ1v) is 17.0. The maximum absolute atomic E-state index is 13.3. The number of thiazole rings is 1. The zero-order valence-corrected chi connectivity index (χ0v) is 23.3. The van der Waals surface area contributed by atoms with Crippen molar-refractivity contribution in [2.24, 2.45) is 0 Å². The summed E-state index contributed by atoms with van der Waals surface area (Å²) in [5, 5.41) is 4.01. The molecule has 1 aromatic heterocycles. The smallest absolute Gasteiger partial charge is 0.243 e. The van der Waals surface area contributed by atoms with Crippen molar-refractivity contribution in [3.05, 3.63) is 53.8 Å². The molecule has 0 aliphatic carbocycles. The number of piperidine rings is 1. The van der Waals surface area contributed by atoms with Gasteiger partial charge in [-0.25, -0.2) is 17.8 Å². The van der Waals surface area contributed by atoms with Crippen molar-refractivity contribution in [1.29, 1.82) is 0 Å². The number of aromatic nitrogens is 1. The Morgan fingerprint density at radius 3 is 2.56 bits per heavy atom. The third-order valence-corrected chi connectivity index (χ3v) is 11.9. The molecule has 7 nitrogen and oxygen atoms in total. The molecule has 0 bridgehead atoms. The van der Waals surface area contributed by atoms with Crippen LogP contribution in [0.15, 0.2) is 47.4 Å². The zero-order chi connectivity index (χ0) is 25.9. The fourth-order valence-electron chi connectivity index (χ4n) is 4.02. The molecule has 3 aromatic rings. The lowest BCUT2D eigenvalue weighted by atomic mass is 10.1. The molecule has 0 spiro atoms. The number of hydrogen-bond donors (Lipinski definition) is 1. The van der Waals surface area contributed by atoms with E-state index in [1.54, 1.807) is 43.7 Å². The lowest BCUT2D eigenvalue weighted by Gasteiger charge is -2.31. The summed E-state index contributed by atoms with van der Waals surface area (Å²) in [5.74, 6) is -0.281. The highest BCUT2D eigenvalue weighted by Crippen LogP contribution is 2.43. The van der Waals surface area contributed by atoms with Gasteiger partial charge in [-0.05, 0) is 68.5 Å². The summed E-state index contributed by atoms with van der Waals surface area (Å²) >= 11 is 1.42. The lowest BCUT2D eigenvalue weighted by molar-refractivity contribution is 0.0102. The molecule has 1 aliphatic rings. The minimum Gasteiger partial charge on any atom is -0.373 e. The first-order chi connectivity index (χ1) is 17.0. The number of halogens is 1. The highest BCUT2D eigenvalue weighted by Gasteiger charge is 2.30. The minimum absolute atomic E-state index is 0.0313. The summed E-state index contributed by atoms with van der Waals surface area (Å²) in [6.45, 7) is 7.43. The molecular formula is C25H33FN3O4PS2. The van der Waals surface area contributed by atoms with Crippen LogP contribution in [0.2, 0.25) is 0 Å². The summed E-state index contributed by atoms with van der Waals surface area (Å²) < 4.78 is 60.0. The number of fused-ring (bicyclic) bond motifs is 1. The van der Waals surface area contributed by atoms with Crippen LogP contribution in [-0.2, 0) is 25.9 Å². The van der Waals surface area contributed by atoms with Crippen molar-refractivity contribution in [1.82, 2.24) is 9.29 Å². The van der Waals surface area contributed by atoms with E-state index < -0.39 is 17.2 Å². The van der Waals surface area contributed by atoms with Gasteiger partial charge in [0.25, 0.3) is 0 Å². The molecule has 4 rings (SSSR count). The highest BCUT2D eigenvalue weighted by molar-refractivity contribution is 7.89. The second-order valence-corrected chi connectivity index (χ2v) is 16.4. The first-order valence-electron chi connectivity index (χ1n) is 12.1. The van der Waals surface area contributed by atoms with Crippen LogP contribution in [-0.4, -0.2) is 62.4 Å². The van der Waals surface area contributed by atoms with Gasteiger partial charge in [-0.2, -0.15) is 4.31 Å². The van der Waals surface area contributed by atoms with E-state index in [1.165, 1.54) is 27.8 Å². The third kappa shape index (κ3) is 6.72. The van der Waals surface area contributed by atoms with E-state index in [1.807, 2.05) is 6.92 Å². The number of benzene rings is 2. The van der Waals surface area contributed by atoms with Gasteiger partial charge >= 0.3 is 0 Å². The molecule has 0 amide bonds. The van der Waals surface area contributed by atoms with Gasteiger partial charge in [0.1, 0.15) is 5.82 Å². The molecule has 1 saturated heterocycles. The normalized spacial score (nSPS) is 16.9. The molecule has 1 atom stereocenters. The second-order valence-electron chi connectivity index (χ2n) is 9.69. The maximum Gasteiger partial charge on any atom is 0.243 e. The van der Waals surface area contributed by atoms with Crippen LogP contribution in [0.1, 0.15) is 31.7 Å². The number of ether oxygens (including phenoxy) is 1. The molecule has 0 saturated carbocycles. The predicted octanol–water partition coefficient (Wildman–Crippen LogP) is 5.62. The Hall–Kier alpha value is -1.84. The molecule has 196 valence electrons. The van der Waals surface area contributed by atoms with Crippen LogP contribution in [0.4, 0.5) is 9.52 Å². The summed E-state index contributed by atoms with van der Waals surface area (Å²) in [6.07, 6.45) is 1.97. The van der Waals surface area contributed by atoms with Crippen LogP contribution < -0.4 is 5.32 Å². The number of anilines is 1. The number of sulfonamides is 1. The van der Waals surface area contributed by atoms with Crippen LogP contribution in [0, 0.1) is 5.82 Å². The van der Waals surface area contributed by atoms with E-state index in [2.05, 4.69) is 10.3 Å². The molecule has 2 heterocycles. The molecule has 1 N–H and O–H groups in total. The molecule has 0 radical (unpaired) electrons. The Kier molecular flexibility index (Phi) is 8.52. The Morgan fingerprint density at radius 1 is 1.19 bits per heavy atom. The van der Waals surface area contributed by atoms with Crippen molar-refractivity contribution >= 4 is 43.9 Å². The average Bonchev–Trinajstić information content (AvgIpc) is 3.25. The molecule has 11 heteroatoms. The van der Waals surface area contributed by atoms with Gasteiger partial charge in [0.05, 0.1) is 35.0 Å². The molecular weight excluding hydrogens is 520 g/mol. The number of nitrogens with zero attached hydrogens (tertiary/aromatic N) is 2. The fourth-order valence-corrected chi connectivity index (χ4v) is 7.28. The van der Waals surface area contributed by atoms with Crippen molar-refractivity contribution in [3.8, 4) is 0 Å². The van der Waals surface area contributed by atoms with Crippen LogP contribution in [0.3, 0.4) is 0 Å². The van der Waals surface area contributed by atoms with E-state index >= 15 is 0 Å². The van der Waals surface area contributed by atoms with Gasteiger partial charge in [0.15, 0.2) is 5.13 Å². The van der Waals surface area contributed by atoms with E-state index in [9.17, 15) is 17.4 Å². The Labute approximate surface area is 216 Å². The van der Waals surface area contributed by atoms with Crippen LogP contribution >= 0.6 is 18.5 Å². The lowest BCUT2D eigenvalue weighted by Crippen LogP contribution is -2.40. The fraction of sp³-hybridized carbons (Fsp3) is 0.480. The predicted molar refractivity (Wildman–Crippen MR) is 145 cm³/mol. The van der Waals surface area contributed by atoms with Gasteiger partial charge in [0.2, 0.25) is 10.0 Å². The zero-order valence-electron chi connectivity index (χ0n) is 20.8. The molecule has 1 aliphatic heterocycles. The molecule has 1 fully saturated rings. The van der Waals surface area contributed by atoms with E-state index in [0.717, 1.165) is 27.3 Å². The van der Waals surface area contributed by atoms with E-state index in [0.29, 0.717) is 39.1 Å². The topological polar surface area (TPSA) is 88.6 Å². The molecule has 2 aromatic carbocycles. The van der Waals surface area contributed by atoms with E-state index in [4.69, 9.17) is 4.74 Å². The van der Waals surface area contributed by atoms with Gasteiger partial charge in [-0.15, -0.1) is 0 Å². The quantitative estimate of drug-likeness (QED) is 0.328. The van der Waals surface area contributed by atoms with Crippen molar-refractivity contribution < 1.29 is 22.1 Å². The Bertz CT molecular complexity index is 1330. The van der Waals surface area contributed by atoms with E-state index in [-0.39, 0.29) is 22.5 Å². The summed E-state index contributed by atoms with van der Waals surface area (Å²) in [5.41, 5.74) is 1.77. The van der Waals surface area contributed by atoms with Crippen LogP contribution in [0.5, 0.6) is 0 Å². The Morgan fingerprint density at radius 2 is 1.89 bits per heavy atom. The van der Waals surface area contributed by atoms with Crippen molar-refractivity contribution in [3.63, 3.8) is 0 Å². The van der Waals surface area contributed by atoms with Crippen LogP contribution in [0.25, 0.3) is 10.2 Å². The maximum atomic E-state index is 13.3.